The van der Waals surface area contributed by atoms with E-state index in [0.717, 1.165) is 0 Å². The summed E-state index contributed by atoms with van der Waals surface area (Å²) in [5, 5.41) is 23.4. The largest absolute Gasteiger partial charge is 0.391 e. The molecule has 4 atom stereocenters. The lowest BCUT2D eigenvalue weighted by molar-refractivity contribution is -0.126. The number of hydrogen-bond acceptors (Lipinski definition) is 9. The van der Waals surface area contributed by atoms with Crippen LogP contribution in [-0.2, 0) is 4.74 Å². The zero-order valence-electron chi connectivity index (χ0n) is 11.7. The summed E-state index contributed by atoms with van der Waals surface area (Å²) in [6.07, 6.45) is 0.920. The van der Waals surface area contributed by atoms with Gasteiger partial charge in [-0.05, 0) is 0 Å². The van der Waals surface area contributed by atoms with Crippen LogP contribution in [-0.4, -0.2) is 48.2 Å². The summed E-state index contributed by atoms with van der Waals surface area (Å²) in [5.41, 5.74) is 11.8. The maximum Gasteiger partial charge on any atom is 0.293 e. The fraction of sp³-hybridized carbons (Fsp3) is 0.545. The molecule has 0 bridgehead atoms. The van der Waals surface area contributed by atoms with Gasteiger partial charge in [-0.1, -0.05) is 6.92 Å². The first-order chi connectivity index (χ1) is 10.5. The zero-order chi connectivity index (χ0) is 15.9. The van der Waals surface area contributed by atoms with E-state index < -0.39 is 30.6 Å². The highest BCUT2D eigenvalue weighted by Crippen LogP contribution is 2.42. The van der Waals surface area contributed by atoms with Crippen LogP contribution in [0.4, 0.5) is 5.82 Å². The van der Waals surface area contributed by atoms with Crippen molar-refractivity contribution in [2.45, 2.75) is 25.0 Å². The summed E-state index contributed by atoms with van der Waals surface area (Å²) in [6.45, 7) is 1.11. The third-order valence-corrected chi connectivity index (χ3v) is 3.84. The van der Waals surface area contributed by atoms with Gasteiger partial charge < -0.3 is 20.7 Å². The molecule has 3 heterocycles. The Morgan fingerprint density at radius 2 is 2.32 bits per heavy atom. The van der Waals surface area contributed by atoms with Gasteiger partial charge in [-0.3, -0.25) is 4.57 Å². The molecule has 0 aromatic carbocycles. The van der Waals surface area contributed by atoms with E-state index in [0.29, 0.717) is 11.2 Å². The first-order valence-electron chi connectivity index (χ1n) is 6.52. The molecule has 1 aliphatic rings. The highest BCUT2D eigenvalue weighted by molar-refractivity contribution is 5.81. The van der Waals surface area contributed by atoms with E-state index in [4.69, 9.17) is 16.0 Å². The molecular weight excluding hydrogens is 292 g/mol. The van der Waals surface area contributed by atoms with Gasteiger partial charge in [-0.25, -0.2) is 15.0 Å². The average Bonchev–Trinajstić information content (AvgIpc) is 3.04. The van der Waals surface area contributed by atoms with E-state index in [1.807, 2.05) is 0 Å². The molecule has 0 spiro atoms. The minimum atomic E-state index is -1.68. The van der Waals surface area contributed by atoms with Crippen LogP contribution in [0.2, 0.25) is 0 Å². The summed E-state index contributed by atoms with van der Waals surface area (Å²) in [7, 11) is 0. The van der Waals surface area contributed by atoms with Gasteiger partial charge in [0.05, 0.1) is 6.33 Å². The van der Waals surface area contributed by atoms with Crippen LogP contribution in [0.1, 0.15) is 13.2 Å². The minimum absolute atomic E-state index is 0.231. The van der Waals surface area contributed by atoms with E-state index in [-0.39, 0.29) is 5.82 Å². The lowest BCUT2D eigenvalue weighted by Crippen LogP contribution is -2.42. The highest BCUT2D eigenvalue weighted by atomic mass is 16.6. The van der Waals surface area contributed by atoms with Crippen molar-refractivity contribution in [2.24, 2.45) is 11.0 Å². The fourth-order valence-electron chi connectivity index (χ4n) is 2.65. The third-order valence-electron chi connectivity index (χ3n) is 3.84. The maximum absolute atomic E-state index is 10.3. The van der Waals surface area contributed by atoms with Crippen molar-refractivity contribution in [3.05, 3.63) is 12.7 Å². The minimum Gasteiger partial charge on any atom is -0.391 e. The van der Waals surface area contributed by atoms with Gasteiger partial charge in [0.15, 0.2) is 16.6 Å². The van der Waals surface area contributed by atoms with Crippen LogP contribution in [0.3, 0.4) is 0 Å². The number of fused-ring (bicyclic) bond motifs is 1. The molecule has 0 saturated carbocycles. The van der Waals surface area contributed by atoms with E-state index in [1.165, 1.54) is 12.7 Å². The quantitative estimate of drug-likeness (QED) is 0.423. The molecule has 3 rings (SSSR count). The molecule has 0 aliphatic carbocycles. The number of aromatic nitrogens is 4. The van der Waals surface area contributed by atoms with Crippen molar-refractivity contribution in [3.8, 4) is 0 Å². The van der Waals surface area contributed by atoms with Crippen LogP contribution in [0.15, 0.2) is 17.8 Å². The van der Waals surface area contributed by atoms with Gasteiger partial charge in [0.25, 0.3) is 5.72 Å². The molecular formula is C11H15N8O3+. The number of nitrogens with two attached hydrogens (primary N) is 1. The normalized spacial score (nSPS) is 31.3. The Labute approximate surface area is 124 Å². The molecule has 116 valence electrons. The molecule has 0 amide bonds. The van der Waals surface area contributed by atoms with E-state index in [9.17, 15) is 10.2 Å². The van der Waals surface area contributed by atoms with Gasteiger partial charge in [0.2, 0.25) is 4.91 Å². The number of imidazole rings is 1. The highest BCUT2D eigenvalue weighted by Gasteiger charge is 2.58. The smallest absolute Gasteiger partial charge is 0.293 e. The maximum atomic E-state index is 10.3. The molecule has 11 nitrogen and oxygen atoms in total. The molecule has 11 heteroatoms. The van der Waals surface area contributed by atoms with Crippen LogP contribution < -0.4 is 10.6 Å². The number of nitrogen functional groups attached to an aromatic ring is 1. The Morgan fingerprint density at radius 1 is 1.55 bits per heavy atom. The van der Waals surface area contributed by atoms with Gasteiger partial charge in [-0.15, -0.1) is 0 Å². The predicted octanol–water partition coefficient (Wildman–Crippen LogP) is -0.827. The number of aliphatic hydroxyl groups is 2. The lowest BCUT2D eigenvalue weighted by atomic mass is 9.98. The molecule has 2 aromatic heterocycles. The van der Waals surface area contributed by atoms with E-state index in [2.05, 4.69) is 25.0 Å². The number of anilines is 1. The number of ether oxygens (including phenoxy) is 1. The Bertz CT molecular complexity index is 757. The zero-order valence-corrected chi connectivity index (χ0v) is 11.7. The van der Waals surface area contributed by atoms with E-state index in [1.54, 1.807) is 11.5 Å². The predicted molar refractivity (Wildman–Crippen MR) is 72.1 cm³/mol. The standard InChI is InChI=1S/C11H15N8O3/c1-5-7(21)11(2-20,17-18-13)22-10(5)19-4-16-6-8(12)14-3-15-9(6)19/h3-5,7,10,13,20-21H,2H2,1H3,(H2,12,14,15)/q+1/t5-,7-,10+,11+/m0/s1. The van der Waals surface area contributed by atoms with Crippen molar-refractivity contribution in [2.75, 3.05) is 12.3 Å². The second kappa shape index (κ2) is 5.07. The first kappa shape index (κ1) is 14.5. The second-order valence-electron chi connectivity index (χ2n) is 5.10. The summed E-state index contributed by atoms with van der Waals surface area (Å²) in [4.78, 5) is 15.0. The fourth-order valence-corrected chi connectivity index (χ4v) is 2.65. The third kappa shape index (κ3) is 1.88. The Hall–Kier alpha value is -2.46. The monoisotopic (exact) mass is 307 g/mol. The van der Waals surface area contributed by atoms with Crippen LogP contribution in [0.5, 0.6) is 0 Å². The summed E-state index contributed by atoms with van der Waals surface area (Å²) >= 11 is 0. The SMILES string of the molecule is C[C@@H]1[C@H](n2cnc3c(N)ncnc32)O[C@@](CO)(N=[N+]=N)[C@H]1O. The number of nitrogens with one attached hydrogen (secondary N) is 1. The Balaban J connectivity index is 2.08. The van der Waals surface area contributed by atoms with Crippen molar-refractivity contribution in [3.63, 3.8) is 0 Å². The number of aliphatic hydroxyl groups excluding tert-OH is 2. The summed E-state index contributed by atoms with van der Waals surface area (Å²) in [5.74, 6) is -0.222. The Morgan fingerprint density at radius 3 is 3.00 bits per heavy atom. The summed E-state index contributed by atoms with van der Waals surface area (Å²) in [6, 6.07) is 0. The number of nitrogens with zero attached hydrogens (tertiary/aromatic N) is 6. The van der Waals surface area contributed by atoms with Crippen LogP contribution >= 0.6 is 0 Å². The van der Waals surface area contributed by atoms with Gasteiger partial charge in [0.1, 0.15) is 36.3 Å². The van der Waals surface area contributed by atoms with Crippen molar-refractivity contribution < 1.29 is 14.9 Å². The molecule has 1 fully saturated rings. The molecule has 2 aromatic rings. The average molecular weight is 307 g/mol. The lowest BCUT2D eigenvalue weighted by Gasteiger charge is -2.18. The second-order valence-corrected chi connectivity index (χ2v) is 5.10. The van der Waals surface area contributed by atoms with Crippen LogP contribution in [0.25, 0.3) is 11.2 Å². The molecule has 1 aliphatic heterocycles. The van der Waals surface area contributed by atoms with Gasteiger partial charge in [0, 0.05) is 5.92 Å². The number of rotatable bonds is 3. The van der Waals surface area contributed by atoms with Gasteiger partial charge >= 0.3 is 0 Å². The number of hydrogen-bond donors (Lipinski definition) is 4. The summed E-state index contributed by atoms with van der Waals surface area (Å²) < 4.78 is 7.28. The molecule has 0 radical (unpaired) electrons. The van der Waals surface area contributed by atoms with Crippen molar-refractivity contribution >= 4 is 17.0 Å². The van der Waals surface area contributed by atoms with Crippen LogP contribution in [0, 0.1) is 11.4 Å². The van der Waals surface area contributed by atoms with Crippen molar-refractivity contribution in [1.29, 1.82) is 5.53 Å². The molecule has 0 unspecified atom stereocenters. The topological polar surface area (TPSA) is 170 Å². The first-order valence-corrected chi connectivity index (χ1v) is 6.52. The molecule has 5 N–H and O–H groups in total. The molecule has 22 heavy (non-hydrogen) atoms. The van der Waals surface area contributed by atoms with Crippen molar-refractivity contribution in [1.82, 2.24) is 24.4 Å². The van der Waals surface area contributed by atoms with E-state index >= 15 is 0 Å². The van der Waals surface area contributed by atoms with Gasteiger partial charge in [-0.2, -0.15) is 0 Å². The molecule has 1 saturated heterocycles. The Kier molecular flexibility index (Phi) is 3.34.